The van der Waals surface area contributed by atoms with Crippen molar-refractivity contribution in [2.75, 3.05) is 6.54 Å². The summed E-state index contributed by atoms with van der Waals surface area (Å²) >= 11 is 0. The molecule has 0 aliphatic carbocycles. The van der Waals surface area contributed by atoms with E-state index in [1.807, 2.05) is 0 Å². The second kappa shape index (κ2) is 9.02. The van der Waals surface area contributed by atoms with E-state index in [4.69, 9.17) is 16.9 Å². The van der Waals surface area contributed by atoms with E-state index in [0.717, 1.165) is 44.5 Å². The Labute approximate surface area is 105 Å². The fourth-order valence-electron chi connectivity index (χ4n) is 1.47. The van der Waals surface area contributed by atoms with Gasteiger partial charge < -0.3 is 11.5 Å². The molecule has 5 N–H and O–H groups in total. The fraction of sp³-hybridized carbons (Fsp3) is 0.846. The van der Waals surface area contributed by atoms with Gasteiger partial charge in [-0.3, -0.25) is 10.4 Å². The van der Waals surface area contributed by atoms with E-state index in [1.165, 1.54) is 0 Å². The van der Waals surface area contributed by atoms with Gasteiger partial charge in [-0.15, -0.1) is 0 Å². The topological polar surface area (TPSA) is 88.2 Å². The Morgan fingerprint density at radius 3 is 2.18 bits per heavy atom. The molecular formula is C13H28N4. The maximum atomic E-state index is 7.09. The lowest BCUT2D eigenvalue weighted by atomic mass is 9.97. The van der Waals surface area contributed by atoms with E-state index in [-0.39, 0.29) is 5.84 Å². The van der Waals surface area contributed by atoms with Crippen molar-refractivity contribution in [3.8, 4) is 0 Å². The molecule has 0 bridgehead atoms. The number of unbranched alkanes of at least 4 members (excludes halogenated alkanes) is 3. The number of nitrogens with one attached hydrogen (secondary N) is 1. The minimum atomic E-state index is 0.290. The van der Waals surface area contributed by atoms with E-state index in [1.54, 1.807) is 0 Å². The van der Waals surface area contributed by atoms with Gasteiger partial charge in [-0.25, -0.2) is 0 Å². The Hall–Kier alpha value is -1.06. The Morgan fingerprint density at radius 2 is 1.65 bits per heavy atom. The van der Waals surface area contributed by atoms with Crippen molar-refractivity contribution < 1.29 is 0 Å². The Balaban J connectivity index is 3.56. The molecule has 17 heavy (non-hydrogen) atoms. The molecule has 0 saturated heterocycles. The van der Waals surface area contributed by atoms with Gasteiger partial charge in [0.25, 0.3) is 0 Å². The molecule has 4 heteroatoms. The number of hydrogen-bond acceptors (Lipinski definition) is 2. The molecule has 4 nitrogen and oxygen atoms in total. The van der Waals surface area contributed by atoms with Crippen LogP contribution >= 0.6 is 0 Å². The van der Waals surface area contributed by atoms with Crippen LogP contribution in [-0.2, 0) is 0 Å². The molecule has 1 unspecified atom stereocenters. The number of aliphatic imine (C=N–C) groups is 1. The SMILES string of the molecule is CC(C)C(C)C(N)=NCCCCCCC(=N)N. The normalized spacial score (nSPS) is 14.0. The summed E-state index contributed by atoms with van der Waals surface area (Å²) in [6, 6.07) is 0. The van der Waals surface area contributed by atoms with Crippen LogP contribution in [0.25, 0.3) is 0 Å². The average Bonchev–Trinajstić information content (AvgIpc) is 2.25. The summed E-state index contributed by atoms with van der Waals surface area (Å²) in [5.74, 6) is 1.99. The molecule has 0 aliphatic rings. The summed E-state index contributed by atoms with van der Waals surface area (Å²) in [6.45, 7) is 7.27. The third kappa shape index (κ3) is 8.72. The van der Waals surface area contributed by atoms with Crippen molar-refractivity contribution in [1.29, 1.82) is 5.41 Å². The summed E-state index contributed by atoms with van der Waals surface area (Å²) in [5, 5.41) is 7.09. The fourth-order valence-corrected chi connectivity index (χ4v) is 1.47. The molecule has 0 rings (SSSR count). The highest BCUT2D eigenvalue weighted by Crippen LogP contribution is 2.09. The zero-order chi connectivity index (χ0) is 13.3. The summed E-state index contributed by atoms with van der Waals surface area (Å²) in [4.78, 5) is 4.41. The third-order valence-electron chi connectivity index (χ3n) is 3.12. The van der Waals surface area contributed by atoms with Crippen LogP contribution in [0, 0.1) is 17.2 Å². The molecule has 0 aliphatic heterocycles. The van der Waals surface area contributed by atoms with Crippen molar-refractivity contribution in [2.45, 2.75) is 52.9 Å². The van der Waals surface area contributed by atoms with Gasteiger partial charge in [0.05, 0.1) is 11.7 Å². The second-order valence-electron chi connectivity index (χ2n) is 5.03. The zero-order valence-electron chi connectivity index (χ0n) is 11.5. The lowest BCUT2D eigenvalue weighted by molar-refractivity contribution is 0.526. The average molecular weight is 240 g/mol. The predicted octanol–water partition coefficient (Wildman–Crippen LogP) is 2.52. The maximum Gasteiger partial charge on any atom is 0.0968 e. The van der Waals surface area contributed by atoms with Gasteiger partial charge in [-0.2, -0.15) is 0 Å². The molecule has 0 fully saturated rings. The van der Waals surface area contributed by atoms with Gasteiger partial charge in [0, 0.05) is 18.9 Å². The van der Waals surface area contributed by atoms with Crippen LogP contribution in [-0.4, -0.2) is 18.2 Å². The number of nitrogens with two attached hydrogens (primary N) is 2. The molecule has 0 heterocycles. The van der Waals surface area contributed by atoms with Gasteiger partial charge in [0.15, 0.2) is 0 Å². The highest BCUT2D eigenvalue weighted by molar-refractivity contribution is 5.82. The van der Waals surface area contributed by atoms with Crippen LogP contribution in [0.15, 0.2) is 4.99 Å². The highest BCUT2D eigenvalue weighted by atomic mass is 14.9. The van der Waals surface area contributed by atoms with E-state index >= 15 is 0 Å². The minimum Gasteiger partial charge on any atom is -0.388 e. The Morgan fingerprint density at radius 1 is 1.06 bits per heavy atom. The van der Waals surface area contributed by atoms with Gasteiger partial charge in [-0.05, 0) is 18.8 Å². The molecule has 0 aromatic rings. The van der Waals surface area contributed by atoms with Crippen LogP contribution < -0.4 is 11.5 Å². The largest absolute Gasteiger partial charge is 0.388 e. The monoisotopic (exact) mass is 240 g/mol. The number of hydrogen-bond donors (Lipinski definition) is 3. The Kier molecular flexibility index (Phi) is 8.46. The quantitative estimate of drug-likeness (QED) is 0.328. The summed E-state index contributed by atoms with van der Waals surface area (Å²) in [7, 11) is 0. The van der Waals surface area contributed by atoms with Crippen LogP contribution in [0.2, 0.25) is 0 Å². The minimum absolute atomic E-state index is 0.290. The van der Waals surface area contributed by atoms with Crippen molar-refractivity contribution in [2.24, 2.45) is 28.3 Å². The van der Waals surface area contributed by atoms with Crippen molar-refractivity contribution in [3.05, 3.63) is 0 Å². The summed E-state index contributed by atoms with van der Waals surface area (Å²) in [5.41, 5.74) is 11.2. The van der Waals surface area contributed by atoms with Gasteiger partial charge in [0.1, 0.15) is 0 Å². The third-order valence-corrected chi connectivity index (χ3v) is 3.12. The molecule has 0 aromatic carbocycles. The molecule has 0 aromatic heterocycles. The van der Waals surface area contributed by atoms with Gasteiger partial charge >= 0.3 is 0 Å². The molecule has 0 radical (unpaired) electrons. The maximum absolute atomic E-state index is 7.09. The van der Waals surface area contributed by atoms with Gasteiger partial charge in [-0.1, -0.05) is 33.6 Å². The molecule has 100 valence electrons. The van der Waals surface area contributed by atoms with E-state index in [2.05, 4.69) is 25.8 Å². The lowest BCUT2D eigenvalue weighted by Crippen LogP contribution is -2.25. The van der Waals surface area contributed by atoms with Gasteiger partial charge in [0.2, 0.25) is 0 Å². The number of nitrogens with zero attached hydrogens (tertiary/aromatic N) is 1. The van der Waals surface area contributed by atoms with Crippen LogP contribution in [0.3, 0.4) is 0 Å². The van der Waals surface area contributed by atoms with Crippen LogP contribution in [0.1, 0.15) is 52.9 Å². The lowest BCUT2D eigenvalue weighted by Gasteiger charge is -2.14. The van der Waals surface area contributed by atoms with Crippen molar-refractivity contribution in [1.82, 2.24) is 0 Å². The summed E-state index contributed by atoms with van der Waals surface area (Å²) in [6.07, 6.45) is 5.06. The van der Waals surface area contributed by atoms with Crippen LogP contribution in [0.5, 0.6) is 0 Å². The first-order valence-electron chi connectivity index (χ1n) is 6.57. The second-order valence-corrected chi connectivity index (χ2v) is 5.03. The number of amidine groups is 2. The number of rotatable bonds is 9. The predicted molar refractivity (Wildman–Crippen MR) is 75.5 cm³/mol. The molecular weight excluding hydrogens is 212 g/mol. The first-order chi connectivity index (χ1) is 7.95. The summed E-state index contributed by atoms with van der Waals surface area (Å²) < 4.78 is 0. The first-order valence-corrected chi connectivity index (χ1v) is 6.57. The Bertz CT molecular complexity index is 246. The standard InChI is InChI=1S/C13H28N4/c1-10(2)11(3)13(16)17-9-7-5-4-6-8-12(14)15/h10-11H,4-9H2,1-3H3,(H3,14,15)(H2,16,17). The van der Waals surface area contributed by atoms with Crippen LogP contribution in [0.4, 0.5) is 0 Å². The first kappa shape index (κ1) is 15.9. The van der Waals surface area contributed by atoms with E-state index in [0.29, 0.717) is 11.8 Å². The van der Waals surface area contributed by atoms with Crippen molar-refractivity contribution >= 4 is 11.7 Å². The molecule has 1 atom stereocenters. The van der Waals surface area contributed by atoms with E-state index < -0.39 is 0 Å². The molecule has 0 spiro atoms. The molecule has 0 amide bonds. The zero-order valence-corrected chi connectivity index (χ0v) is 11.5. The highest BCUT2D eigenvalue weighted by Gasteiger charge is 2.10. The van der Waals surface area contributed by atoms with Crippen molar-refractivity contribution in [3.63, 3.8) is 0 Å². The molecule has 0 saturated carbocycles. The smallest absolute Gasteiger partial charge is 0.0968 e. The van der Waals surface area contributed by atoms with E-state index in [9.17, 15) is 0 Å².